The number of aryl methyl sites for hydroxylation is 3. The van der Waals surface area contributed by atoms with Gasteiger partial charge in [-0.25, -0.2) is 9.59 Å². The van der Waals surface area contributed by atoms with E-state index >= 15 is 0 Å². The maximum Gasteiger partial charge on any atom is 0.412 e. The second-order valence-corrected chi connectivity index (χ2v) is 13.9. The van der Waals surface area contributed by atoms with E-state index in [0.717, 1.165) is 70.3 Å². The van der Waals surface area contributed by atoms with Crippen molar-refractivity contribution in [3.05, 3.63) is 108 Å². The number of hydrogen-bond donors (Lipinski definition) is 2. The molecule has 2 amide bonds. The normalized spacial score (nSPS) is 12.2. The zero-order valence-electron chi connectivity index (χ0n) is 33.4. The van der Waals surface area contributed by atoms with Crippen LogP contribution in [0.3, 0.4) is 0 Å². The van der Waals surface area contributed by atoms with E-state index < -0.39 is 24.4 Å². The van der Waals surface area contributed by atoms with E-state index in [-0.39, 0.29) is 26.4 Å². The first kappa shape index (κ1) is 41.8. The van der Waals surface area contributed by atoms with Crippen LogP contribution in [0.4, 0.5) is 21.0 Å². The summed E-state index contributed by atoms with van der Waals surface area (Å²) >= 11 is 0. The minimum absolute atomic E-state index is 0.0587. The van der Waals surface area contributed by atoms with Crippen molar-refractivity contribution >= 4 is 45.1 Å². The Morgan fingerprint density at radius 2 is 1.00 bits per heavy atom. The molecule has 10 nitrogen and oxygen atoms in total. The molecule has 0 saturated heterocycles. The minimum Gasteiger partial charge on any atom is -0.488 e. The van der Waals surface area contributed by atoms with Gasteiger partial charge in [0, 0.05) is 46.1 Å². The number of amides is 2. The number of benzene rings is 5. The van der Waals surface area contributed by atoms with E-state index in [4.69, 9.17) is 28.4 Å². The van der Waals surface area contributed by atoms with Crippen LogP contribution >= 0.6 is 0 Å². The highest BCUT2D eigenvalue weighted by Crippen LogP contribution is 2.43. The molecule has 2 N–H and O–H groups in total. The number of anilines is 2. The van der Waals surface area contributed by atoms with Crippen LogP contribution in [0, 0.1) is 13.8 Å². The average molecular weight is 765 g/mol. The second kappa shape index (κ2) is 21.7. The SMILES string of the molecule is CCCCOCC(COc1c2ccccc2c(OCC(COCCCC)OC(=O)Nc2ccccc2C)c2cc(CC)ccc12)OC(=O)Nc1ccccc1C. The topological polar surface area (TPSA) is 114 Å². The lowest BCUT2D eigenvalue weighted by Crippen LogP contribution is -2.32. The molecule has 0 bridgehead atoms. The number of rotatable bonds is 21. The first-order valence-corrected chi connectivity index (χ1v) is 19.8. The summed E-state index contributed by atoms with van der Waals surface area (Å²) in [6.45, 7) is 11.7. The first-order chi connectivity index (χ1) is 27.3. The number of carbonyl (C=O) groups is 2. The zero-order valence-corrected chi connectivity index (χ0v) is 33.4. The molecular formula is C46H56N2O8. The van der Waals surface area contributed by atoms with Crippen LogP contribution in [-0.4, -0.2) is 64.0 Å². The molecule has 298 valence electrons. The predicted octanol–water partition coefficient (Wildman–Crippen LogP) is 10.8. The predicted molar refractivity (Wildman–Crippen MR) is 223 cm³/mol. The second-order valence-electron chi connectivity index (χ2n) is 13.9. The number of hydrogen-bond acceptors (Lipinski definition) is 8. The molecule has 0 fully saturated rings. The maximum absolute atomic E-state index is 13.1. The fourth-order valence-electron chi connectivity index (χ4n) is 6.19. The fraction of sp³-hybridized carbons (Fsp3) is 0.391. The summed E-state index contributed by atoms with van der Waals surface area (Å²) in [6.07, 6.45) is 2.04. The van der Waals surface area contributed by atoms with Gasteiger partial charge >= 0.3 is 12.2 Å². The van der Waals surface area contributed by atoms with Crippen molar-refractivity contribution in [2.45, 2.75) is 78.9 Å². The molecule has 2 unspecified atom stereocenters. The van der Waals surface area contributed by atoms with Crippen LogP contribution in [-0.2, 0) is 25.4 Å². The van der Waals surface area contributed by atoms with Gasteiger partial charge in [0.25, 0.3) is 0 Å². The van der Waals surface area contributed by atoms with Gasteiger partial charge in [-0.15, -0.1) is 0 Å². The summed E-state index contributed by atoms with van der Waals surface area (Å²) in [7, 11) is 0. The van der Waals surface area contributed by atoms with Crippen molar-refractivity contribution in [2.24, 2.45) is 0 Å². The van der Waals surface area contributed by atoms with Crippen LogP contribution in [0.1, 0.15) is 63.1 Å². The monoisotopic (exact) mass is 764 g/mol. The standard InChI is InChI=1S/C46H56N2O8/c1-6-9-25-51-28-35(55-45(49)47-41-21-15-11-17-32(41)4)30-53-43-37-19-13-14-20-38(37)44(40-27-34(8-3)23-24-39(40)43)54-31-36(29-52-26-10-7-2)56-46(50)48-42-22-16-12-18-33(42)5/h11-24,27,35-36H,6-10,25-26,28-31H2,1-5H3,(H,47,49)(H,48,50). The Labute approximate surface area is 330 Å². The molecule has 0 heterocycles. The van der Waals surface area contributed by atoms with E-state index in [1.807, 2.05) is 92.7 Å². The molecule has 5 rings (SSSR count). The molecule has 0 aliphatic carbocycles. The molecule has 5 aromatic rings. The Morgan fingerprint density at radius 1 is 0.554 bits per heavy atom. The van der Waals surface area contributed by atoms with Crippen molar-refractivity contribution in [2.75, 3.05) is 50.3 Å². The summed E-state index contributed by atoms with van der Waals surface area (Å²) in [6, 6.07) is 29.2. The van der Waals surface area contributed by atoms with Crippen molar-refractivity contribution in [1.29, 1.82) is 0 Å². The van der Waals surface area contributed by atoms with Crippen molar-refractivity contribution in [1.82, 2.24) is 0 Å². The van der Waals surface area contributed by atoms with E-state index in [1.165, 1.54) is 0 Å². The molecule has 0 aliphatic rings. The van der Waals surface area contributed by atoms with Crippen molar-refractivity contribution in [3.8, 4) is 11.5 Å². The Kier molecular flexibility index (Phi) is 16.2. The number of para-hydroxylation sites is 2. The average Bonchev–Trinajstić information content (AvgIpc) is 3.20. The summed E-state index contributed by atoms with van der Waals surface area (Å²) in [5, 5.41) is 9.04. The number of nitrogens with one attached hydrogen (secondary N) is 2. The van der Waals surface area contributed by atoms with E-state index in [2.05, 4.69) is 43.5 Å². The summed E-state index contributed by atoms with van der Waals surface area (Å²) in [5.41, 5.74) is 4.33. The van der Waals surface area contributed by atoms with Gasteiger partial charge in [-0.05, 0) is 68.0 Å². The van der Waals surface area contributed by atoms with Gasteiger partial charge in [0.15, 0.2) is 12.2 Å². The van der Waals surface area contributed by atoms with Crippen LogP contribution in [0.25, 0.3) is 21.5 Å². The number of unbranched alkanes of at least 4 members (excludes halogenated alkanes) is 2. The van der Waals surface area contributed by atoms with Gasteiger partial charge in [-0.1, -0.05) is 106 Å². The largest absolute Gasteiger partial charge is 0.488 e. The fourth-order valence-corrected chi connectivity index (χ4v) is 6.19. The quantitative estimate of drug-likeness (QED) is 0.0561. The first-order valence-electron chi connectivity index (χ1n) is 19.8. The Balaban J connectivity index is 1.42. The van der Waals surface area contributed by atoms with Gasteiger partial charge in [0.1, 0.15) is 24.7 Å². The van der Waals surface area contributed by atoms with Gasteiger partial charge in [-0.3, -0.25) is 10.6 Å². The number of fused-ring (bicyclic) bond motifs is 2. The molecule has 0 spiro atoms. The zero-order chi connectivity index (χ0) is 39.7. The molecule has 0 radical (unpaired) electrons. The molecule has 5 aromatic carbocycles. The van der Waals surface area contributed by atoms with E-state index in [0.29, 0.717) is 36.1 Å². The lowest BCUT2D eigenvalue weighted by molar-refractivity contribution is 0.00244. The highest BCUT2D eigenvalue weighted by Gasteiger charge is 2.23. The number of ether oxygens (including phenoxy) is 6. The molecule has 56 heavy (non-hydrogen) atoms. The molecule has 0 saturated carbocycles. The smallest absolute Gasteiger partial charge is 0.412 e. The third-order valence-corrected chi connectivity index (χ3v) is 9.43. The Morgan fingerprint density at radius 3 is 1.46 bits per heavy atom. The summed E-state index contributed by atoms with van der Waals surface area (Å²) < 4.78 is 37.0. The molecule has 0 aliphatic heterocycles. The lowest BCUT2D eigenvalue weighted by atomic mass is 9.98. The number of carbonyl (C=O) groups excluding carboxylic acids is 2. The summed E-state index contributed by atoms with van der Waals surface area (Å²) in [4.78, 5) is 26.2. The van der Waals surface area contributed by atoms with E-state index in [9.17, 15) is 9.59 Å². The van der Waals surface area contributed by atoms with Gasteiger partial charge in [0.2, 0.25) is 0 Å². The molecule has 10 heteroatoms. The summed E-state index contributed by atoms with van der Waals surface area (Å²) in [5.74, 6) is 1.29. The Bertz CT molecular complexity index is 2030. The van der Waals surface area contributed by atoms with Crippen LogP contribution in [0.15, 0.2) is 91.0 Å². The van der Waals surface area contributed by atoms with Crippen LogP contribution in [0.2, 0.25) is 0 Å². The minimum atomic E-state index is -0.689. The van der Waals surface area contributed by atoms with Crippen molar-refractivity contribution < 1.29 is 38.0 Å². The van der Waals surface area contributed by atoms with Gasteiger partial charge in [-0.2, -0.15) is 0 Å². The van der Waals surface area contributed by atoms with Gasteiger partial charge in [0.05, 0.1) is 13.2 Å². The highest BCUT2D eigenvalue weighted by atomic mass is 16.6. The van der Waals surface area contributed by atoms with E-state index in [1.54, 1.807) is 0 Å². The molecule has 2 atom stereocenters. The third-order valence-electron chi connectivity index (χ3n) is 9.43. The Hall–Kier alpha value is -5.32. The lowest BCUT2D eigenvalue weighted by Gasteiger charge is -2.23. The molecular weight excluding hydrogens is 709 g/mol. The van der Waals surface area contributed by atoms with Crippen molar-refractivity contribution in [3.63, 3.8) is 0 Å². The third kappa shape index (κ3) is 11.8. The maximum atomic E-state index is 13.1. The molecule has 0 aromatic heterocycles. The van der Waals surface area contributed by atoms with Crippen LogP contribution < -0.4 is 20.1 Å². The highest BCUT2D eigenvalue weighted by molar-refractivity contribution is 6.11. The van der Waals surface area contributed by atoms with Gasteiger partial charge < -0.3 is 28.4 Å². The van der Waals surface area contributed by atoms with Crippen LogP contribution in [0.5, 0.6) is 11.5 Å².